The molecule has 0 unspecified atom stereocenters. The highest BCUT2D eigenvalue weighted by Gasteiger charge is 2.20. The minimum absolute atomic E-state index is 0.0231. The zero-order valence-electron chi connectivity index (χ0n) is 16.5. The number of carbonyl (C=O) groups excluding carboxylic acids is 1. The maximum Gasteiger partial charge on any atom is 0.272 e. The van der Waals surface area contributed by atoms with Gasteiger partial charge in [0.2, 0.25) is 0 Å². The van der Waals surface area contributed by atoms with Gasteiger partial charge in [-0.15, -0.1) is 0 Å². The van der Waals surface area contributed by atoms with Crippen molar-refractivity contribution in [3.8, 4) is 0 Å². The van der Waals surface area contributed by atoms with E-state index in [4.69, 9.17) is 11.6 Å². The van der Waals surface area contributed by atoms with Gasteiger partial charge in [-0.25, -0.2) is 8.42 Å². The molecule has 10 heteroatoms. The first-order valence-corrected chi connectivity index (χ1v) is 10.9. The Bertz CT molecular complexity index is 1290. The SMILES string of the molecule is Cc1cc(C(=O)Nc2ccc(C)c(S(=O)(=O)Nc3ccccc3Cl)c2)ccc1[N+](=O)[O-]. The van der Waals surface area contributed by atoms with Crippen molar-refractivity contribution in [1.82, 2.24) is 0 Å². The summed E-state index contributed by atoms with van der Waals surface area (Å²) in [6, 6.07) is 14.9. The highest BCUT2D eigenvalue weighted by molar-refractivity contribution is 7.92. The standard InChI is InChI=1S/C21H18ClN3O5S/c1-13-7-9-16(23-21(26)15-8-10-19(25(27)28)14(2)11-15)12-20(13)31(29,30)24-18-6-4-3-5-17(18)22/h3-12,24H,1-2H3,(H,23,26). The predicted octanol–water partition coefficient (Wildman–Crippen LogP) is 4.92. The number of hydrogen-bond donors (Lipinski definition) is 2. The molecule has 0 aliphatic heterocycles. The smallest absolute Gasteiger partial charge is 0.272 e. The highest BCUT2D eigenvalue weighted by atomic mass is 35.5. The van der Waals surface area contributed by atoms with Gasteiger partial charge in [0, 0.05) is 22.9 Å². The summed E-state index contributed by atoms with van der Waals surface area (Å²) in [6.07, 6.45) is 0. The fourth-order valence-electron chi connectivity index (χ4n) is 2.92. The molecule has 0 bridgehead atoms. The maximum absolute atomic E-state index is 12.9. The molecule has 0 fully saturated rings. The number of carbonyl (C=O) groups is 1. The number of anilines is 2. The summed E-state index contributed by atoms with van der Waals surface area (Å²) in [7, 11) is -3.97. The van der Waals surface area contributed by atoms with Gasteiger partial charge in [-0.1, -0.05) is 29.8 Å². The Morgan fingerprint density at radius 1 is 1.00 bits per heavy atom. The van der Waals surface area contributed by atoms with Crippen molar-refractivity contribution in [3.63, 3.8) is 0 Å². The van der Waals surface area contributed by atoms with Crippen LogP contribution in [0.25, 0.3) is 0 Å². The van der Waals surface area contributed by atoms with Gasteiger partial charge < -0.3 is 5.32 Å². The zero-order chi connectivity index (χ0) is 22.8. The minimum Gasteiger partial charge on any atom is -0.322 e. The van der Waals surface area contributed by atoms with Gasteiger partial charge in [0.05, 0.1) is 20.5 Å². The van der Waals surface area contributed by atoms with Gasteiger partial charge in [0.25, 0.3) is 21.6 Å². The molecule has 0 heterocycles. The molecule has 160 valence electrons. The topological polar surface area (TPSA) is 118 Å². The van der Waals surface area contributed by atoms with E-state index in [0.717, 1.165) is 0 Å². The van der Waals surface area contributed by atoms with Crippen molar-refractivity contribution in [1.29, 1.82) is 0 Å². The van der Waals surface area contributed by atoms with Crippen LogP contribution in [-0.2, 0) is 10.0 Å². The molecule has 8 nitrogen and oxygen atoms in total. The first kappa shape index (κ1) is 22.3. The first-order valence-electron chi connectivity index (χ1n) is 9.03. The Morgan fingerprint density at radius 2 is 1.71 bits per heavy atom. The van der Waals surface area contributed by atoms with Gasteiger partial charge in [0.1, 0.15) is 0 Å². The Morgan fingerprint density at radius 3 is 2.35 bits per heavy atom. The van der Waals surface area contributed by atoms with Crippen molar-refractivity contribution in [2.45, 2.75) is 18.7 Å². The minimum atomic E-state index is -3.97. The van der Waals surface area contributed by atoms with Crippen LogP contribution in [0, 0.1) is 24.0 Å². The van der Waals surface area contributed by atoms with Gasteiger partial charge >= 0.3 is 0 Å². The number of nitrogens with zero attached hydrogens (tertiary/aromatic N) is 1. The number of nitrogens with one attached hydrogen (secondary N) is 2. The lowest BCUT2D eigenvalue weighted by molar-refractivity contribution is -0.385. The average Bonchev–Trinajstić information content (AvgIpc) is 2.70. The molecule has 1 amide bonds. The molecule has 3 aromatic carbocycles. The first-order chi connectivity index (χ1) is 14.6. The largest absolute Gasteiger partial charge is 0.322 e. The van der Waals surface area contributed by atoms with Crippen LogP contribution >= 0.6 is 11.6 Å². The van der Waals surface area contributed by atoms with Crippen molar-refractivity contribution >= 4 is 44.6 Å². The summed E-state index contributed by atoms with van der Waals surface area (Å²) in [6.45, 7) is 3.16. The molecular weight excluding hydrogens is 442 g/mol. The second-order valence-corrected chi connectivity index (χ2v) is 8.84. The summed E-state index contributed by atoms with van der Waals surface area (Å²) in [5, 5.41) is 13.8. The van der Waals surface area contributed by atoms with E-state index < -0.39 is 20.9 Å². The van der Waals surface area contributed by atoms with Gasteiger partial charge in [-0.3, -0.25) is 19.6 Å². The number of amides is 1. The summed E-state index contributed by atoms with van der Waals surface area (Å²) >= 11 is 6.04. The quantitative estimate of drug-likeness (QED) is 0.400. The number of nitro groups is 1. The monoisotopic (exact) mass is 459 g/mol. The summed E-state index contributed by atoms with van der Waals surface area (Å²) in [5.74, 6) is -0.524. The molecule has 0 spiro atoms. The number of aryl methyl sites for hydroxylation is 2. The lowest BCUT2D eigenvalue weighted by atomic mass is 10.1. The van der Waals surface area contributed by atoms with E-state index >= 15 is 0 Å². The molecule has 0 aliphatic rings. The third-order valence-corrected chi connectivity index (χ3v) is 6.35. The lowest BCUT2D eigenvalue weighted by Crippen LogP contribution is -2.16. The van der Waals surface area contributed by atoms with Crippen molar-refractivity contribution in [2.24, 2.45) is 0 Å². The number of rotatable bonds is 6. The van der Waals surface area contributed by atoms with E-state index in [9.17, 15) is 23.3 Å². The Hall–Kier alpha value is -3.43. The molecule has 2 N–H and O–H groups in total. The number of benzene rings is 3. The second-order valence-electron chi connectivity index (χ2n) is 6.78. The fraction of sp³-hybridized carbons (Fsp3) is 0.0952. The van der Waals surface area contributed by atoms with Crippen LogP contribution in [0.3, 0.4) is 0 Å². The molecule has 0 saturated carbocycles. The third kappa shape index (κ3) is 5.01. The number of hydrogen-bond acceptors (Lipinski definition) is 5. The summed E-state index contributed by atoms with van der Waals surface area (Å²) in [4.78, 5) is 23.0. The predicted molar refractivity (Wildman–Crippen MR) is 119 cm³/mol. The molecule has 0 aliphatic carbocycles. The number of nitro benzene ring substituents is 1. The highest BCUT2D eigenvalue weighted by Crippen LogP contribution is 2.27. The third-order valence-electron chi connectivity index (χ3n) is 4.51. The number of para-hydroxylation sites is 1. The van der Waals surface area contributed by atoms with E-state index in [2.05, 4.69) is 10.0 Å². The van der Waals surface area contributed by atoms with E-state index in [0.29, 0.717) is 11.1 Å². The molecule has 31 heavy (non-hydrogen) atoms. The van der Waals surface area contributed by atoms with E-state index in [1.807, 2.05) is 0 Å². The van der Waals surface area contributed by atoms with Crippen molar-refractivity contribution in [3.05, 3.63) is 92.5 Å². The Kier molecular flexibility index (Phi) is 6.28. The van der Waals surface area contributed by atoms with Crippen molar-refractivity contribution in [2.75, 3.05) is 10.0 Å². The number of halogens is 1. The molecule has 0 radical (unpaired) electrons. The second kappa shape index (κ2) is 8.75. The molecule has 0 aromatic heterocycles. The molecule has 3 aromatic rings. The average molecular weight is 460 g/mol. The Balaban J connectivity index is 1.87. The normalized spacial score (nSPS) is 11.1. The zero-order valence-corrected chi connectivity index (χ0v) is 18.1. The van der Waals surface area contributed by atoms with E-state index in [-0.39, 0.29) is 32.5 Å². The van der Waals surface area contributed by atoms with E-state index in [1.165, 1.54) is 37.3 Å². The fourth-order valence-corrected chi connectivity index (χ4v) is 4.51. The van der Waals surface area contributed by atoms with E-state index in [1.54, 1.807) is 37.3 Å². The number of sulfonamides is 1. The lowest BCUT2D eigenvalue weighted by Gasteiger charge is -2.13. The summed E-state index contributed by atoms with van der Waals surface area (Å²) < 4.78 is 28.2. The molecule has 0 saturated heterocycles. The van der Waals surface area contributed by atoms with Gasteiger partial charge in [-0.05, 0) is 55.8 Å². The van der Waals surface area contributed by atoms with Gasteiger partial charge in [-0.2, -0.15) is 0 Å². The molecule has 3 rings (SSSR count). The van der Waals surface area contributed by atoms with Crippen molar-refractivity contribution < 1.29 is 18.1 Å². The van der Waals surface area contributed by atoms with Crippen LogP contribution in [0.2, 0.25) is 5.02 Å². The van der Waals surface area contributed by atoms with Crippen LogP contribution < -0.4 is 10.0 Å². The molecule has 0 atom stereocenters. The summed E-state index contributed by atoms with van der Waals surface area (Å²) in [5.41, 5.74) is 1.43. The van der Waals surface area contributed by atoms with Crippen LogP contribution in [-0.4, -0.2) is 19.2 Å². The molecular formula is C21H18ClN3O5S. The Labute approximate surface area is 184 Å². The van der Waals surface area contributed by atoms with Gasteiger partial charge in [0.15, 0.2) is 0 Å². The maximum atomic E-state index is 12.9. The van der Waals surface area contributed by atoms with Crippen LogP contribution in [0.15, 0.2) is 65.6 Å². The van der Waals surface area contributed by atoms with Crippen LogP contribution in [0.4, 0.5) is 17.1 Å². The van der Waals surface area contributed by atoms with Crippen LogP contribution in [0.5, 0.6) is 0 Å². The van der Waals surface area contributed by atoms with Crippen LogP contribution in [0.1, 0.15) is 21.5 Å².